The van der Waals surface area contributed by atoms with Crippen molar-refractivity contribution in [1.82, 2.24) is 0 Å². The van der Waals surface area contributed by atoms with Crippen molar-refractivity contribution in [2.45, 2.75) is 290 Å². The molecule has 0 rings (SSSR count). The molecule has 0 saturated carbocycles. The van der Waals surface area contributed by atoms with E-state index in [2.05, 4.69) is 160 Å². The van der Waals surface area contributed by atoms with Gasteiger partial charge in [-0.3, -0.25) is 14.2 Å². The van der Waals surface area contributed by atoms with Crippen LogP contribution < -0.4 is 4.89 Å². The first kappa shape index (κ1) is 83.9. The molecule has 0 radical (unpaired) electrons. The summed E-state index contributed by atoms with van der Waals surface area (Å²) in [5.41, 5.74) is 0. The molecule has 88 heavy (non-hydrogen) atoms. The normalized spacial score (nSPS) is 14.0. The summed E-state index contributed by atoms with van der Waals surface area (Å²) in [5.74, 6) is -0.865. The lowest BCUT2D eigenvalue weighted by Gasteiger charge is -2.28. The SMILES string of the molecule is CC/C=C\C/C=C\C/C=C\C/C=C\C/C=C\C/C=C\C/C=C\C/C=C\C/C=C\C/C=C\CCCCCCC(=O)OC(COC(=O)CCCCCCCCCCCCCCCCCCC/C=C\C/C=C\CCCCCCC)COP(=O)([O-])OCC[N+](C)(C)C. The quantitative estimate of drug-likeness (QED) is 0.0195. The van der Waals surface area contributed by atoms with Crippen LogP contribution >= 0.6 is 7.82 Å². The Bertz CT molecular complexity index is 2000. The number of esters is 2. The van der Waals surface area contributed by atoms with Gasteiger partial charge >= 0.3 is 11.9 Å². The Kier molecular flexibility index (Phi) is 64.1. The summed E-state index contributed by atoms with van der Waals surface area (Å²) in [6.45, 7) is 4.09. The summed E-state index contributed by atoms with van der Waals surface area (Å²) in [6.07, 6.45) is 99.3. The molecule has 0 aromatic carbocycles. The van der Waals surface area contributed by atoms with E-state index >= 15 is 0 Å². The molecule has 0 bridgehead atoms. The first-order valence-corrected chi connectivity index (χ1v) is 37.0. The minimum atomic E-state index is -4.66. The van der Waals surface area contributed by atoms with Crippen LogP contribution in [0.5, 0.6) is 0 Å². The molecule has 10 heteroatoms. The van der Waals surface area contributed by atoms with E-state index in [1.165, 1.54) is 135 Å². The van der Waals surface area contributed by atoms with Crippen LogP contribution in [-0.2, 0) is 32.7 Å². The number of carbonyl (C=O) groups is 2. The molecule has 0 N–H and O–H groups in total. The lowest BCUT2D eigenvalue weighted by Crippen LogP contribution is -2.37. The van der Waals surface area contributed by atoms with Crippen LogP contribution in [0.4, 0.5) is 0 Å². The largest absolute Gasteiger partial charge is 0.756 e. The molecule has 0 amide bonds. The fourth-order valence-electron chi connectivity index (χ4n) is 9.42. The van der Waals surface area contributed by atoms with Gasteiger partial charge in [-0.1, -0.05) is 295 Å². The number of nitrogens with zero attached hydrogens (tertiary/aromatic N) is 1. The van der Waals surface area contributed by atoms with Crippen LogP contribution in [0.25, 0.3) is 0 Å². The minimum Gasteiger partial charge on any atom is -0.756 e. The fraction of sp³-hybridized carbons (Fsp3) is 0.667. The number of phosphoric acid groups is 1. The predicted octanol–water partition coefficient (Wildman–Crippen LogP) is 22.7. The Balaban J connectivity index is 4.16. The summed E-state index contributed by atoms with van der Waals surface area (Å²) in [5, 5.41) is 0. The van der Waals surface area contributed by atoms with Crippen LogP contribution in [0, 0.1) is 0 Å². The van der Waals surface area contributed by atoms with Crippen LogP contribution in [0.1, 0.15) is 284 Å². The number of phosphoric ester groups is 1. The molecule has 2 unspecified atom stereocenters. The predicted molar refractivity (Wildman–Crippen MR) is 378 cm³/mol. The smallest absolute Gasteiger partial charge is 0.306 e. The molecule has 0 aromatic rings. The minimum absolute atomic E-state index is 0.0429. The highest BCUT2D eigenvalue weighted by Crippen LogP contribution is 2.38. The van der Waals surface area contributed by atoms with E-state index in [0.717, 1.165) is 116 Å². The molecular formula is C78H132NO8P. The van der Waals surface area contributed by atoms with E-state index in [1.54, 1.807) is 0 Å². The average Bonchev–Trinajstić information content (AvgIpc) is 3.57. The third-order valence-electron chi connectivity index (χ3n) is 14.8. The van der Waals surface area contributed by atoms with Gasteiger partial charge in [0.05, 0.1) is 27.7 Å². The molecular weight excluding hydrogens is 1110 g/mol. The van der Waals surface area contributed by atoms with Gasteiger partial charge in [-0.25, -0.2) is 0 Å². The Hall–Kier alpha value is -4.11. The molecule has 0 fully saturated rings. The maximum absolute atomic E-state index is 12.9. The highest BCUT2D eigenvalue weighted by molar-refractivity contribution is 7.45. The molecule has 0 aliphatic rings. The third kappa shape index (κ3) is 71.0. The van der Waals surface area contributed by atoms with Crippen molar-refractivity contribution < 1.29 is 42.1 Å². The van der Waals surface area contributed by atoms with Crippen molar-refractivity contribution in [1.29, 1.82) is 0 Å². The number of hydrogen-bond donors (Lipinski definition) is 0. The molecule has 9 nitrogen and oxygen atoms in total. The van der Waals surface area contributed by atoms with E-state index in [0.29, 0.717) is 17.4 Å². The second-order valence-electron chi connectivity index (χ2n) is 24.5. The summed E-state index contributed by atoms with van der Waals surface area (Å²) in [7, 11) is 1.13. The van der Waals surface area contributed by atoms with Gasteiger partial charge < -0.3 is 27.9 Å². The van der Waals surface area contributed by atoms with Gasteiger partial charge in [0, 0.05) is 12.8 Å². The van der Waals surface area contributed by atoms with Gasteiger partial charge in [-0.15, -0.1) is 0 Å². The van der Waals surface area contributed by atoms with E-state index in [1.807, 2.05) is 21.1 Å². The van der Waals surface area contributed by atoms with Crippen LogP contribution in [0.2, 0.25) is 0 Å². The number of carbonyl (C=O) groups excluding carboxylic acids is 2. The monoisotopic (exact) mass is 1240 g/mol. The van der Waals surface area contributed by atoms with Gasteiger partial charge in [-0.05, 0) is 122 Å². The van der Waals surface area contributed by atoms with Crippen molar-refractivity contribution in [3.63, 3.8) is 0 Å². The van der Waals surface area contributed by atoms with Crippen molar-refractivity contribution in [3.8, 4) is 0 Å². The highest BCUT2D eigenvalue weighted by Gasteiger charge is 2.22. The van der Waals surface area contributed by atoms with Gasteiger partial charge in [0.15, 0.2) is 6.10 Å². The number of hydrogen-bond acceptors (Lipinski definition) is 8. The van der Waals surface area contributed by atoms with Gasteiger partial charge in [0.2, 0.25) is 0 Å². The maximum atomic E-state index is 12.9. The molecule has 0 heterocycles. The standard InChI is InChI=1S/C78H132NO8P/c1-6-8-10-12-14-16-18-20-22-24-26-28-30-32-34-36-37-38-39-40-41-43-45-47-49-51-53-55-57-59-61-63-65-67-69-71-78(81)87-76(75-86-88(82,83)85-73-72-79(3,4)5)74-84-77(80)70-68-66-64-62-60-58-56-54-52-50-48-46-44-42-35-33-31-29-27-25-23-21-19-17-15-13-11-9-7-2/h8,10,14,16,19-22,25-28,32,34,37-38,40-41,45,47,51,53,57,59,76H,6-7,9,11-13,15,17-18,23-24,29-31,33,35-36,39,42-44,46,48-50,52,54-56,58,60-75H2,1-5H3/b10-8-,16-14-,21-19-,22-20-,27-25-,28-26-,34-32-,38-37-,41-40-,47-45-,53-51-,59-57-. The second-order valence-corrected chi connectivity index (χ2v) is 25.9. The Labute approximate surface area is 542 Å². The maximum Gasteiger partial charge on any atom is 0.306 e. The summed E-state index contributed by atoms with van der Waals surface area (Å²) in [4.78, 5) is 38.1. The van der Waals surface area contributed by atoms with E-state index in [9.17, 15) is 19.0 Å². The van der Waals surface area contributed by atoms with Crippen LogP contribution in [0.3, 0.4) is 0 Å². The number of quaternary nitrogens is 1. The topological polar surface area (TPSA) is 111 Å². The fourth-order valence-corrected chi connectivity index (χ4v) is 10.2. The van der Waals surface area contributed by atoms with Gasteiger partial charge in [0.25, 0.3) is 7.82 Å². The van der Waals surface area contributed by atoms with E-state index in [-0.39, 0.29) is 26.1 Å². The van der Waals surface area contributed by atoms with Crippen molar-refractivity contribution >= 4 is 19.8 Å². The first-order chi connectivity index (χ1) is 43.0. The second kappa shape index (κ2) is 67.3. The first-order valence-electron chi connectivity index (χ1n) is 35.5. The van der Waals surface area contributed by atoms with Crippen LogP contribution in [0.15, 0.2) is 146 Å². The van der Waals surface area contributed by atoms with Gasteiger partial charge in [0.1, 0.15) is 19.8 Å². The summed E-state index contributed by atoms with van der Waals surface area (Å²) >= 11 is 0. The van der Waals surface area contributed by atoms with Crippen LogP contribution in [-0.4, -0.2) is 70.0 Å². The van der Waals surface area contributed by atoms with Crippen molar-refractivity contribution in [3.05, 3.63) is 146 Å². The molecule has 0 aliphatic heterocycles. The number of ether oxygens (including phenoxy) is 2. The van der Waals surface area contributed by atoms with Crippen molar-refractivity contribution in [2.75, 3.05) is 47.5 Å². The number of rotatable bonds is 64. The number of likely N-dealkylation sites (N-methyl/N-ethyl adjacent to an activating group) is 1. The summed E-state index contributed by atoms with van der Waals surface area (Å²) < 4.78 is 34.3. The Morgan fingerprint density at radius 1 is 0.364 bits per heavy atom. The summed E-state index contributed by atoms with van der Waals surface area (Å²) in [6, 6.07) is 0. The molecule has 0 aliphatic carbocycles. The zero-order valence-corrected chi connectivity index (χ0v) is 58.0. The zero-order valence-electron chi connectivity index (χ0n) is 57.1. The lowest BCUT2D eigenvalue weighted by molar-refractivity contribution is -0.870. The number of allylic oxidation sites excluding steroid dienone is 24. The molecule has 502 valence electrons. The Morgan fingerprint density at radius 3 is 0.966 bits per heavy atom. The molecule has 0 saturated heterocycles. The molecule has 0 spiro atoms. The lowest BCUT2D eigenvalue weighted by atomic mass is 10.0. The van der Waals surface area contributed by atoms with E-state index in [4.69, 9.17) is 18.5 Å². The van der Waals surface area contributed by atoms with Crippen molar-refractivity contribution in [2.24, 2.45) is 0 Å². The Morgan fingerprint density at radius 2 is 0.648 bits per heavy atom. The third-order valence-corrected chi connectivity index (χ3v) is 15.8. The van der Waals surface area contributed by atoms with E-state index < -0.39 is 32.5 Å². The molecule has 2 atom stereocenters. The zero-order chi connectivity index (χ0) is 64.1. The highest BCUT2D eigenvalue weighted by atomic mass is 31.2. The number of unbranched alkanes of at least 4 members (excludes halogenated alkanes) is 26. The molecule has 0 aromatic heterocycles. The average molecular weight is 1240 g/mol. The van der Waals surface area contributed by atoms with Gasteiger partial charge in [-0.2, -0.15) is 0 Å².